The van der Waals surface area contributed by atoms with Gasteiger partial charge in [-0.15, -0.1) is 0 Å². The van der Waals surface area contributed by atoms with Crippen LogP contribution in [-0.2, 0) is 9.59 Å². The van der Waals surface area contributed by atoms with E-state index in [1.165, 1.54) is 20.9 Å². The van der Waals surface area contributed by atoms with Crippen molar-refractivity contribution < 1.29 is 19.5 Å². The van der Waals surface area contributed by atoms with Crippen LogP contribution in [0.3, 0.4) is 0 Å². The molecule has 0 atom stereocenters. The minimum Gasteiger partial charge on any atom is -0.480 e. The molecule has 4 N–H and O–H groups in total. The van der Waals surface area contributed by atoms with E-state index in [1.807, 2.05) is 0 Å². The van der Waals surface area contributed by atoms with Crippen LogP contribution in [0.1, 0.15) is 34.1 Å². The number of carbonyl (C=O) groups is 3. The molecule has 7 nitrogen and oxygen atoms in total. The maximum Gasteiger partial charge on any atom is 0.329 e. The average molecular weight is 259 g/mol. The van der Waals surface area contributed by atoms with Crippen LogP contribution in [0.2, 0.25) is 0 Å². The molecule has 0 spiro atoms. The summed E-state index contributed by atoms with van der Waals surface area (Å²) in [6, 6.07) is -0.575. The third-order valence-electron chi connectivity index (χ3n) is 2.73. The van der Waals surface area contributed by atoms with E-state index in [0.29, 0.717) is 0 Å². The number of hydrogen-bond donors (Lipinski definition) is 3. The van der Waals surface area contributed by atoms with Gasteiger partial charge in [0.15, 0.2) is 0 Å². The van der Waals surface area contributed by atoms with Crippen molar-refractivity contribution in [2.24, 2.45) is 5.73 Å². The zero-order valence-electron chi connectivity index (χ0n) is 11.4. The molecule has 0 heterocycles. The standard InChI is InChI=1S/C11H21N3O4/c1-10(2,6-7(12)15)13-9(18)14(5)11(3,4)8(16)17/h6H2,1-5H3,(H2,12,15)(H,13,18)(H,16,17). The monoisotopic (exact) mass is 259 g/mol. The predicted molar refractivity (Wildman–Crippen MR) is 65.9 cm³/mol. The number of nitrogens with two attached hydrogens (primary N) is 1. The number of primary amides is 1. The van der Waals surface area contributed by atoms with Gasteiger partial charge in [-0.3, -0.25) is 4.79 Å². The van der Waals surface area contributed by atoms with Gasteiger partial charge in [-0.1, -0.05) is 0 Å². The van der Waals surface area contributed by atoms with Crippen LogP contribution >= 0.6 is 0 Å². The highest BCUT2D eigenvalue weighted by atomic mass is 16.4. The van der Waals surface area contributed by atoms with E-state index < -0.39 is 29.0 Å². The Labute approximate surface area is 106 Å². The van der Waals surface area contributed by atoms with Gasteiger partial charge in [0, 0.05) is 19.0 Å². The van der Waals surface area contributed by atoms with Crippen molar-refractivity contribution in [2.75, 3.05) is 7.05 Å². The number of carboxylic acids is 1. The molecular formula is C11H21N3O4. The van der Waals surface area contributed by atoms with E-state index in [9.17, 15) is 14.4 Å². The molecule has 0 aromatic carbocycles. The van der Waals surface area contributed by atoms with Gasteiger partial charge in [-0.2, -0.15) is 0 Å². The predicted octanol–water partition coefficient (Wildman–Crippen LogP) is 0.145. The molecule has 0 rings (SSSR count). The van der Waals surface area contributed by atoms with Crippen LogP contribution in [0.5, 0.6) is 0 Å². The summed E-state index contributed by atoms with van der Waals surface area (Å²) in [6.07, 6.45) is -0.0277. The lowest BCUT2D eigenvalue weighted by Gasteiger charge is -2.35. The SMILES string of the molecule is CN(C(=O)NC(C)(C)CC(N)=O)C(C)(C)C(=O)O. The molecule has 0 aliphatic heterocycles. The van der Waals surface area contributed by atoms with Gasteiger partial charge in [0.25, 0.3) is 0 Å². The molecule has 18 heavy (non-hydrogen) atoms. The van der Waals surface area contributed by atoms with Gasteiger partial charge in [0.2, 0.25) is 5.91 Å². The quantitative estimate of drug-likeness (QED) is 0.652. The highest BCUT2D eigenvalue weighted by Crippen LogP contribution is 2.15. The molecule has 0 saturated heterocycles. The summed E-state index contributed by atoms with van der Waals surface area (Å²) in [5.74, 6) is -1.66. The number of urea groups is 1. The Bertz CT molecular complexity index is 363. The second kappa shape index (κ2) is 5.24. The molecule has 0 saturated carbocycles. The largest absolute Gasteiger partial charge is 0.480 e. The molecular weight excluding hydrogens is 238 g/mol. The number of hydrogen-bond acceptors (Lipinski definition) is 3. The number of aliphatic carboxylic acids is 1. The maximum absolute atomic E-state index is 11.9. The topological polar surface area (TPSA) is 113 Å². The highest BCUT2D eigenvalue weighted by Gasteiger charge is 2.37. The van der Waals surface area contributed by atoms with Crippen molar-refractivity contribution in [1.82, 2.24) is 10.2 Å². The van der Waals surface area contributed by atoms with Crippen molar-refractivity contribution >= 4 is 17.9 Å². The van der Waals surface area contributed by atoms with Crippen LogP contribution in [0.15, 0.2) is 0 Å². The van der Waals surface area contributed by atoms with Gasteiger partial charge < -0.3 is 21.1 Å². The Morgan fingerprint density at radius 2 is 1.67 bits per heavy atom. The Morgan fingerprint density at radius 1 is 1.22 bits per heavy atom. The molecule has 0 aromatic heterocycles. The fraction of sp³-hybridized carbons (Fsp3) is 0.727. The minimum atomic E-state index is -1.34. The first-order valence-electron chi connectivity index (χ1n) is 5.48. The van der Waals surface area contributed by atoms with Crippen LogP contribution in [0.4, 0.5) is 4.79 Å². The first-order valence-corrected chi connectivity index (χ1v) is 5.48. The number of rotatable bonds is 5. The molecule has 0 aromatic rings. The van der Waals surface area contributed by atoms with E-state index >= 15 is 0 Å². The molecule has 0 fully saturated rings. The number of nitrogens with one attached hydrogen (secondary N) is 1. The maximum atomic E-state index is 11.9. The van der Waals surface area contributed by atoms with Crippen LogP contribution in [0, 0.1) is 0 Å². The first-order chi connectivity index (χ1) is 7.90. The van der Waals surface area contributed by atoms with Gasteiger partial charge in [-0.05, 0) is 27.7 Å². The average Bonchev–Trinajstić information content (AvgIpc) is 2.12. The number of carbonyl (C=O) groups excluding carboxylic acids is 2. The molecule has 0 radical (unpaired) electrons. The van der Waals surface area contributed by atoms with Crippen LogP contribution in [-0.4, -0.2) is 46.0 Å². The van der Waals surface area contributed by atoms with Crippen molar-refractivity contribution in [3.05, 3.63) is 0 Å². The molecule has 0 aliphatic rings. The summed E-state index contributed by atoms with van der Waals surface area (Å²) in [5.41, 5.74) is 2.90. The van der Waals surface area contributed by atoms with Gasteiger partial charge in [0.1, 0.15) is 5.54 Å². The second-order valence-electron chi connectivity index (χ2n) is 5.38. The third kappa shape index (κ3) is 4.23. The smallest absolute Gasteiger partial charge is 0.329 e. The van der Waals surface area contributed by atoms with E-state index in [2.05, 4.69) is 5.32 Å². The highest BCUT2D eigenvalue weighted by molar-refractivity contribution is 5.86. The van der Waals surface area contributed by atoms with Crippen molar-refractivity contribution in [3.63, 3.8) is 0 Å². The van der Waals surface area contributed by atoms with E-state index in [0.717, 1.165) is 4.90 Å². The minimum absolute atomic E-state index is 0.0277. The van der Waals surface area contributed by atoms with Gasteiger partial charge in [-0.25, -0.2) is 9.59 Å². The Kier molecular flexibility index (Phi) is 4.72. The van der Waals surface area contributed by atoms with E-state index in [-0.39, 0.29) is 6.42 Å². The Balaban J connectivity index is 4.78. The summed E-state index contributed by atoms with van der Waals surface area (Å²) < 4.78 is 0. The fourth-order valence-corrected chi connectivity index (χ4v) is 1.25. The number of nitrogens with zero attached hydrogens (tertiary/aromatic N) is 1. The summed E-state index contributed by atoms with van der Waals surface area (Å²) in [4.78, 5) is 34.8. The molecule has 0 unspecified atom stereocenters. The molecule has 3 amide bonds. The lowest BCUT2D eigenvalue weighted by atomic mass is 10.00. The Hall–Kier alpha value is -1.79. The molecule has 104 valence electrons. The summed E-state index contributed by atoms with van der Waals surface area (Å²) in [7, 11) is 1.38. The van der Waals surface area contributed by atoms with E-state index in [1.54, 1.807) is 13.8 Å². The van der Waals surface area contributed by atoms with Crippen LogP contribution < -0.4 is 11.1 Å². The molecule has 0 aliphatic carbocycles. The first kappa shape index (κ1) is 16.2. The zero-order chi connectivity index (χ0) is 14.7. The molecule has 0 bridgehead atoms. The molecule has 7 heteroatoms. The van der Waals surface area contributed by atoms with Crippen molar-refractivity contribution in [1.29, 1.82) is 0 Å². The van der Waals surface area contributed by atoms with Gasteiger partial charge >= 0.3 is 12.0 Å². The summed E-state index contributed by atoms with van der Waals surface area (Å²) >= 11 is 0. The zero-order valence-corrected chi connectivity index (χ0v) is 11.4. The van der Waals surface area contributed by atoms with Crippen molar-refractivity contribution in [2.45, 2.75) is 45.2 Å². The third-order valence-corrected chi connectivity index (χ3v) is 2.73. The fourth-order valence-electron chi connectivity index (χ4n) is 1.25. The number of carboxylic acid groups (broad SMARTS) is 1. The van der Waals surface area contributed by atoms with Crippen molar-refractivity contribution in [3.8, 4) is 0 Å². The summed E-state index contributed by atoms with van der Waals surface area (Å²) in [6.45, 7) is 6.10. The lowest BCUT2D eigenvalue weighted by Crippen LogP contribution is -2.58. The van der Waals surface area contributed by atoms with Gasteiger partial charge in [0.05, 0.1) is 0 Å². The van der Waals surface area contributed by atoms with Crippen LogP contribution in [0.25, 0.3) is 0 Å². The van der Waals surface area contributed by atoms with E-state index in [4.69, 9.17) is 10.8 Å². The number of amides is 3. The second-order valence-corrected chi connectivity index (χ2v) is 5.38. The Morgan fingerprint density at radius 3 is 2.00 bits per heavy atom. The number of likely N-dealkylation sites (N-methyl/N-ethyl adjacent to an activating group) is 1. The normalized spacial score (nSPS) is 11.8. The summed E-state index contributed by atoms with van der Waals surface area (Å²) in [5, 5.41) is 11.6. The lowest BCUT2D eigenvalue weighted by molar-refractivity contribution is -0.147.